The van der Waals surface area contributed by atoms with Crippen LogP contribution in [0.5, 0.6) is 0 Å². The van der Waals surface area contributed by atoms with Gasteiger partial charge < -0.3 is 4.90 Å². The number of carbonyl (C=O) groups is 1. The third-order valence-electron chi connectivity index (χ3n) is 4.92. The molecule has 1 fully saturated rings. The Kier molecular flexibility index (Phi) is 5.72. The maximum absolute atomic E-state index is 12.6. The molecule has 0 bridgehead atoms. The number of nitro benzene ring substituents is 1. The molecule has 29 heavy (non-hydrogen) atoms. The lowest BCUT2D eigenvalue weighted by Gasteiger charge is -2.30. The van der Waals surface area contributed by atoms with Crippen LogP contribution in [-0.4, -0.2) is 48.9 Å². The minimum absolute atomic E-state index is 0.0321. The van der Waals surface area contributed by atoms with E-state index in [1.165, 1.54) is 48.2 Å². The number of thioether (sulfide) groups is 1. The predicted molar refractivity (Wildman–Crippen MR) is 113 cm³/mol. The number of amides is 1. The molecule has 10 heteroatoms. The van der Waals surface area contributed by atoms with Crippen molar-refractivity contribution >= 4 is 45.1 Å². The fourth-order valence-corrected chi connectivity index (χ4v) is 5.24. The highest BCUT2D eigenvalue weighted by Gasteiger charge is 2.22. The van der Waals surface area contributed by atoms with Crippen molar-refractivity contribution in [3.05, 3.63) is 40.7 Å². The number of carbonyl (C=O) groups excluding carboxylic acids is 1. The fraction of sp³-hybridized carbons (Fsp3) is 0.368. The summed E-state index contributed by atoms with van der Waals surface area (Å²) in [6.45, 7) is 3.83. The van der Waals surface area contributed by atoms with Gasteiger partial charge in [0.2, 0.25) is 5.91 Å². The van der Waals surface area contributed by atoms with Crippen LogP contribution in [0.1, 0.15) is 19.8 Å². The number of hydrogen-bond donors (Lipinski definition) is 0. The number of piperidine rings is 1. The van der Waals surface area contributed by atoms with Gasteiger partial charge >= 0.3 is 0 Å². The van der Waals surface area contributed by atoms with Gasteiger partial charge in [-0.05, 0) is 42.4 Å². The number of likely N-dealkylation sites (tertiary alicyclic amines) is 1. The largest absolute Gasteiger partial charge is 0.342 e. The van der Waals surface area contributed by atoms with E-state index in [1.54, 1.807) is 12.1 Å². The van der Waals surface area contributed by atoms with Crippen LogP contribution in [-0.2, 0) is 4.79 Å². The summed E-state index contributed by atoms with van der Waals surface area (Å²) in [6, 6.07) is 6.25. The van der Waals surface area contributed by atoms with Crippen molar-refractivity contribution in [1.82, 2.24) is 19.2 Å². The molecule has 0 aliphatic carbocycles. The van der Waals surface area contributed by atoms with Crippen molar-refractivity contribution in [2.45, 2.75) is 24.8 Å². The van der Waals surface area contributed by atoms with Gasteiger partial charge in [0.15, 0.2) is 0 Å². The lowest BCUT2D eigenvalue weighted by molar-refractivity contribution is -0.384. The van der Waals surface area contributed by atoms with Crippen molar-refractivity contribution in [3.8, 4) is 11.3 Å². The average Bonchev–Trinajstić information content (AvgIpc) is 3.17. The summed E-state index contributed by atoms with van der Waals surface area (Å²) in [4.78, 5) is 33.6. The van der Waals surface area contributed by atoms with E-state index in [0.29, 0.717) is 22.9 Å². The Hall–Kier alpha value is -2.59. The highest BCUT2D eigenvalue weighted by Crippen LogP contribution is 2.35. The van der Waals surface area contributed by atoms with E-state index in [9.17, 15) is 14.9 Å². The van der Waals surface area contributed by atoms with Crippen LogP contribution in [0.25, 0.3) is 21.5 Å². The summed E-state index contributed by atoms with van der Waals surface area (Å²) in [7, 11) is 0. The molecule has 0 spiro atoms. The Bertz CT molecular complexity index is 1050. The molecular formula is C19H19N5O3S2. The van der Waals surface area contributed by atoms with Crippen LogP contribution >= 0.6 is 23.3 Å². The summed E-state index contributed by atoms with van der Waals surface area (Å²) >= 11 is 2.69. The van der Waals surface area contributed by atoms with E-state index >= 15 is 0 Å². The average molecular weight is 430 g/mol. The summed E-state index contributed by atoms with van der Waals surface area (Å²) < 4.78 is 5.31. The fourth-order valence-electron chi connectivity index (χ4n) is 3.41. The van der Waals surface area contributed by atoms with Crippen molar-refractivity contribution in [3.63, 3.8) is 0 Å². The molecule has 1 atom stereocenters. The van der Waals surface area contributed by atoms with E-state index in [4.69, 9.17) is 0 Å². The number of benzene rings is 1. The molecule has 1 aliphatic heterocycles. The van der Waals surface area contributed by atoms with Crippen molar-refractivity contribution in [2.75, 3.05) is 18.8 Å². The number of rotatable bonds is 5. The lowest BCUT2D eigenvalue weighted by atomic mass is 10.0. The summed E-state index contributed by atoms with van der Waals surface area (Å²) in [6.07, 6.45) is 3.71. The first-order valence-electron chi connectivity index (χ1n) is 9.28. The summed E-state index contributed by atoms with van der Waals surface area (Å²) in [5.41, 5.74) is 2.15. The molecule has 3 heterocycles. The van der Waals surface area contributed by atoms with Crippen LogP contribution in [0.3, 0.4) is 0 Å². The monoisotopic (exact) mass is 429 g/mol. The third kappa shape index (κ3) is 4.23. The zero-order chi connectivity index (χ0) is 20.4. The minimum Gasteiger partial charge on any atom is -0.342 e. The number of nitrogens with zero attached hydrogens (tertiary/aromatic N) is 5. The van der Waals surface area contributed by atoms with Gasteiger partial charge in [-0.25, -0.2) is 9.97 Å². The Labute approximate surface area is 175 Å². The van der Waals surface area contributed by atoms with Gasteiger partial charge in [0.05, 0.1) is 10.7 Å². The Morgan fingerprint density at radius 3 is 2.86 bits per heavy atom. The van der Waals surface area contributed by atoms with Crippen LogP contribution in [0.4, 0.5) is 5.69 Å². The molecule has 0 saturated carbocycles. The summed E-state index contributed by atoms with van der Waals surface area (Å²) in [5, 5.41) is 11.6. The van der Waals surface area contributed by atoms with Crippen molar-refractivity contribution < 1.29 is 9.72 Å². The molecule has 4 rings (SSSR count). The van der Waals surface area contributed by atoms with Gasteiger partial charge in [-0.3, -0.25) is 14.9 Å². The van der Waals surface area contributed by atoms with Gasteiger partial charge in [0.25, 0.3) is 5.69 Å². The molecule has 2 aromatic heterocycles. The second-order valence-corrected chi connectivity index (χ2v) is 8.80. The van der Waals surface area contributed by atoms with Crippen LogP contribution in [0.15, 0.2) is 35.6 Å². The Balaban J connectivity index is 1.53. The number of aromatic nitrogens is 3. The second-order valence-electron chi connectivity index (χ2n) is 7.07. The van der Waals surface area contributed by atoms with Gasteiger partial charge in [-0.2, -0.15) is 4.37 Å². The molecule has 1 amide bonds. The zero-order valence-electron chi connectivity index (χ0n) is 15.8. The van der Waals surface area contributed by atoms with E-state index in [1.807, 2.05) is 4.90 Å². The van der Waals surface area contributed by atoms with Gasteiger partial charge in [-0.1, -0.05) is 18.7 Å². The predicted octanol–water partition coefficient (Wildman–Crippen LogP) is 4.01. The normalized spacial score (nSPS) is 16.9. The zero-order valence-corrected chi connectivity index (χ0v) is 17.4. The molecule has 0 N–H and O–H groups in total. The molecule has 150 valence electrons. The molecule has 1 aromatic carbocycles. The van der Waals surface area contributed by atoms with Gasteiger partial charge in [0.1, 0.15) is 27.3 Å². The molecular weight excluding hydrogens is 410 g/mol. The topological polar surface area (TPSA) is 102 Å². The highest BCUT2D eigenvalue weighted by molar-refractivity contribution is 8.00. The summed E-state index contributed by atoms with van der Waals surface area (Å²) in [5.74, 6) is 1.02. The molecule has 1 saturated heterocycles. The van der Waals surface area contributed by atoms with E-state index < -0.39 is 4.92 Å². The molecule has 1 aliphatic rings. The number of non-ortho nitro benzene ring substituents is 1. The number of hydrogen-bond acceptors (Lipinski definition) is 8. The number of nitro groups is 1. The van der Waals surface area contributed by atoms with Crippen LogP contribution in [0, 0.1) is 16.0 Å². The quantitative estimate of drug-likeness (QED) is 0.261. The minimum atomic E-state index is -0.431. The van der Waals surface area contributed by atoms with Gasteiger partial charge in [0, 0.05) is 30.8 Å². The van der Waals surface area contributed by atoms with E-state index in [-0.39, 0.29) is 11.6 Å². The SMILES string of the molecule is C[C@H]1CCCN(C(=O)CSc2ncnc3c(-c4ccc([N+](=O)[O-])cc4)nsc23)C1. The maximum atomic E-state index is 12.6. The molecule has 3 aromatic rings. The first-order chi connectivity index (χ1) is 14.0. The standard InChI is InChI=1S/C19H19N5O3S2/c1-12-3-2-8-23(9-12)15(25)10-28-19-18-17(20-11-21-19)16(22-29-18)13-4-6-14(7-5-13)24(26)27/h4-7,11-12H,2-3,8-10H2,1H3/t12-/m0/s1. The van der Waals surface area contributed by atoms with Gasteiger partial charge in [-0.15, -0.1) is 0 Å². The lowest BCUT2D eigenvalue weighted by Crippen LogP contribution is -2.40. The van der Waals surface area contributed by atoms with Crippen molar-refractivity contribution in [2.24, 2.45) is 5.92 Å². The molecule has 0 radical (unpaired) electrons. The maximum Gasteiger partial charge on any atom is 0.269 e. The first-order valence-corrected chi connectivity index (χ1v) is 11.0. The smallest absolute Gasteiger partial charge is 0.269 e. The Morgan fingerprint density at radius 2 is 2.14 bits per heavy atom. The second kappa shape index (κ2) is 8.42. The Morgan fingerprint density at radius 1 is 1.34 bits per heavy atom. The van der Waals surface area contributed by atoms with E-state index in [2.05, 4.69) is 21.3 Å². The van der Waals surface area contributed by atoms with Crippen LogP contribution < -0.4 is 0 Å². The number of fused-ring (bicyclic) bond motifs is 1. The first kappa shape index (κ1) is 19.7. The highest BCUT2D eigenvalue weighted by atomic mass is 32.2. The van der Waals surface area contributed by atoms with Crippen molar-refractivity contribution in [1.29, 1.82) is 0 Å². The third-order valence-corrected chi connectivity index (χ3v) is 6.86. The molecule has 0 unspecified atom stereocenters. The molecule has 8 nitrogen and oxygen atoms in total. The van der Waals surface area contributed by atoms with E-state index in [0.717, 1.165) is 34.8 Å². The van der Waals surface area contributed by atoms with Crippen LogP contribution in [0.2, 0.25) is 0 Å².